The van der Waals surface area contributed by atoms with Crippen LogP contribution in [0.1, 0.15) is 19.4 Å². The van der Waals surface area contributed by atoms with Gasteiger partial charge in [0.25, 0.3) is 0 Å². The predicted molar refractivity (Wildman–Crippen MR) is 67.8 cm³/mol. The van der Waals surface area contributed by atoms with Gasteiger partial charge in [0.15, 0.2) is 0 Å². The van der Waals surface area contributed by atoms with Gasteiger partial charge in [0.2, 0.25) is 0 Å². The number of carbonyl (C=O) groups is 1. The van der Waals surface area contributed by atoms with Crippen molar-refractivity contribution in [3.8, 4) is 11.8 Å². The van der Waals surface area contributed by atoms with Crippen molar-refractivity contribution in [2.45, 2.75) is 20.0 Å². The first-order valence-electron chi connectivity index (χ1n) is 5.53. The van der Waals surface area contributed by atoms with Crippen LogP contribution in [-0.2, 0) is 9.53 Å². The van der Waals surface area contributed by atoms with Crippen LogP contribution in [0.5, 0.6) is 5.75 Å². The first-order valence-corrected chi connectivity index (χ1v) is 5.53. The summed E-state index contributed by atoms with van der Waals surface area (Å²) in [6, 6.07) is 8.88. The third-order valence-electron chi connectivity index (χ3n) is 2.11. The highest BCUT2D eigenvalue weighted by atomic mass is 16.5. The molecule has 0 aliphatic carbocycles. The van der Waals surface area contributed by atoms with Crippen LogP contribution in [0.3, 0.4) is 0 Å². The quantitative estimate of drug-likeness (QED) is 0.464. The van der Waals surface area contributed by atoms with E-state index in [4.69, 9.17) is 14.7 Å². The number of rotatable bonds is 4. The summed E-state index contributed by atoms with van der Waals surface area (Å²) in [5.41, 5.74) is 0.724. The third kappa shape index (κ3) is 3.95. The Balaban J connectivity index is 2.90. The number of ether oxygens (including phenoxy) is 2. The van der Waals surface area contributed by atoms with Crippen molar-refractivity contribution in [2.75, 3.05) is 7.11 Å². The predicted octanol–water partition coefficient (Wildman–Crippen LogP) is 2.55. The van der Waals surface area contributed by atoms with E-state index >= 15 is 0 Å². The van der Waals surface area contributed by atoms with Crippen LogP contribution in [0.4, 0.5) is 0 Å². The molecule has 4 nitrogen and oxygen atoms in total. The fraction of sp³-hybridized carbons (Fsp3) is 0.286. The van der Waals surface area contributed by atoms with Gasteiger partial charge < -0.3 is 9.47 Å². The molecule has 0 heterocycles. The molecule has 0 amide bonds. The van der Waals surface area contributed by atoms with E-state index in [-0.39, 0.29) is 11.7 Å². The van der Waals surface area contributed by atoms with Crippen LogP contribution in [0.25, 0.3) is 6.08 Å². The Hall–Kier alpha value is -2.28. The van der Waals surface area contributed by atoms with Crippen LogP contribution in [-0.4, -0.2) is 19.2 Å². The van der Waals surface area contributed by atoms with Gasteiger partial charge in [-0.05, 0) is 37.6 Å². The Labute approximate surface area is 106 Å². The Morgan fingerprint density at radius 3 is 2.39 bits per heavy atom. The normalized spacial score (nSPS) is 10.9. The average Bonchev–Trinajstić information content (AvgIpc) is 2.35. The molecule has 0 N–H and O–H groups in total. The van der Waals surface area contributed by atoms with E-state index < -0.39 is 5.97 Å². The molecule has 0 aromatic heterocycles. The third-order valence-corrected chi connectivity index (χ3v) is 2.11. The molecule has 0 saturated carbocycles. The SMILES string of the molecule is COc1ccc(/C=C(\C#N)C(=O)OC(C)C)cc1. The van der Waals surface area contributed by atoms with E-state index in [0.29, 0.717) is 0 Å². The van der Waals surface area contributed by atoms with Crippen molar-refractivity contribution in [3.05, 3.63) is 35.4 Å². The average molecular weight is 245 g/mol. The maximum atomic E-state index is 11.6. The van der Waals surface area contributed by atoms with Gasteiger partial charge in [-0.25, -0.2) is 4.79 Å². The molecule has 0 bridgehead atoms. The molecule has 1 rings (SSSR count). The van der Waals surface area contributed by atoms with Crippen LogP contribution in [0.2, 0.25) is 0 Å². The summed E-state index contributed by atoms with van der Waals surface area (Å²) >= 11 is 0. The number of methoxy groups -OCH3 is 1. The summed E-state index contributed by atoms with van der Waals surface area (Å²) in [5.74, 6) is 0.110. The van der Waals surface area contributed by atoms with E-state index in [1.165, 1.54) is 6.08 Å². The lowest BCUT2D eigenvalue weighted by Crippen LogP contribution is -2.12. The molecular weight excluding hydrogens is 230 g/mol. The summed E-state index contributed by atoms with van der Waals surface area (Å²) in [6.45, 7) is 3.47. The van der Waals surface area contributed by atoms with E-state index in [0.717, 1.165) is 11.3 Å². The fourth-order valence-electron chi connectivity index (χ4n) is 1.28. The number of nitrogens with zero attached hydrogens (tertiary/aromatic N) is 1. The van der Waals surface area contributed by atoms with E-state index in [1.807, 2.05) is 6.07 Å². The van der Waals surface area contributed by atoms with Gasteiger partial charge in [-0.15, -0.1) is 0 Å². The monoisotopic (exact) mass is 245 g/mol. The van der Waals surface area contributed by atoms with E-state index in [2.05, 4.69) is 0 Å². The van der Waals surface area contributed by atoms with Crippen molar-refractivity contribution >= 4 is 12.0 Å². The second-order valence-corrected chi connectivity index (χ2v) is 3.90. The smallest absolute Gasteiger partial charge is 0.349 e. The molecule has 0 radical (unpaired) electrons. The van der Waals surface area contributed by atoms with Crippen molar-refractivity contribution in [3.63, 3.8) is 0 Å². The van der Waals surface area contributed by atoms with Gasteiger partial charge in [0, 0.05) is 0 Å². The van der Waals surface area contributed by atoms with Gasteiger partial charge in [-0.3, -0.25) is 0 Å². The second kappa shape index (κ2) is 6.45. The van der Waals surface area contributed by atoms with Crippen molar-refractivity contribution in [2.24, 2.45) is 0 Å². The maximum absolute atomic E-state index is 11.6. The minimum Gasteiger partial charge on any atom is -0.497 e. The molecule has 1 aromatic rings. The molecular formula is C14H15NO3. The molecule has 1 aromatic carbocycles. The minimum atomic E-state index is -0.608. The topological polar surface area (TPSA) is 59.3 Å². The van der Waals surface area contributed by atoms with Gasteiger partial charge >= 0.3 is 5.97 Å². The first kappa shape index (κ1) is 13.8. The maximum Gasteiger partial charge on any atom is 0.349 e. The molecule has 0 spiro atoms. The first-order chi connectivity index (χ1) is 8.56. The van der Waals surface area contributed by atoms with Crippen molar-refractivity contribution < 1.29 is 14.3 Å². The lowest BCUT2D eigenvalue weighted by molar-refractivity contribution is -0.142. The minimum absolute atomic E-state index is 0.0196. The molecule has 0 fully saturated rings. The van der Waals surface area contributed by atoms with Crippen LogP contribution in [0.15, 0.2) is 29.8 Å². The second-order valence-electron chi connectivity index (χ2n) is 3.90. The summed E-state index contributed by atoms with van der Waals surface area (Å²) in [4.78, 5) is 11.6. The number of hydrogen-bond acceptors (Lipinski definition) is 4. The lowest BCUT2D eigenvalue weighted by atomic mass is 10.1. The zero-order valence-electron chi connectivity index (χ0n) is 10.6. The van der Waals surface area contributed by atoms with Crippen molar-refractivity contribution in [1.82, 2.24) is 0 Å². The number of esters is 1. The molecule has 0 aliphatic rings. The van der Waals surface area contributed by atoms with Gasteiger partial charge in [0.1, 0.15) is 17.4 Å². The summed E-state index contributed by atoms with van der Waals surface area (Å²) in [7, 11) is 1.57. The molecule has 0 unspecified atom stereocenters. The highest BCUT2D eigenvalue weighted by Crippen LogP contribution is 2.14. The molecule has 0 saturated heterocycles. The number of nitriles is 1. The lowest BCUT2D eigenvalue weighted by Gasteiger charge is -2.06. The van der Waals surface area contributed by atoms with E-state index in [9.17, 15) is 4.79 Å². The molecule has 4 heteroatoms. The summed E-state index contributed by atoms with van der Waals surface area (Å²) in [5, 5.41) is 8.93. The number of benzene rings is 1. The Morgan fingerprint density at radius 2 is 1.94 bits per heavy atom. The standard InChI is InChI=1S/C14H15NO3/c1-10(2)18-14(16)12(9-15)8-11-4-6-13(17-3)7-5-11/h4-8,10H,1-3H3/b12-8+. The fourth-order valence-corrected chi connectivity index (χ4v) is 1.28. The Morgan fingerprint density at radius 1 is 1.33 bits per heavy atom. The van der Waals surface area contributed by atoms with Crippen LogP contribution >= 0.6 is 0 Å². The number of carbonyl (C=O) groups excluding carboxylic acids is 1. The zero-order valence-corrected chi connectivity index (χ0v) is 10.6. The van der Waals surface area contributed by atoms with Crippen molar-refractivity contribution in [1.29, 1.82) is 5.26 Å². The van der Waals surface area contributed by atoms with E-state index in [1.54, 1.807) is 45.2 Å². The van der Waals surface area contributed by atoms with Gasteiger partial charge in [-0.1, -0.05) is 12.1 Å². The molecule has 0 aliphatic heterocycles. The number of hydrogen-bond donors (Lipinski definition) is 0. The summed E-state index contributed by atoms with van der Waals surface area (Å²) < 4.78 is 9.99. The summed E-state index contributed by atoms with van der Waals surface area (Å²) in [6.07, 6.45) is 1.24. The Bertz CT molecular complexity index is 481. The molecule has 18 heavy (non-hydrogen) atoms. The highest BCUT2D eigenvalue weighted by Gasteiger charge is 2.12. The van der Waals surface area contributed by atoms with Gasteiger partial charge in [0.05, 0.1) is 13.2 Å². The van der Waals surface area contributed by atoms with Gasteiger partial charge in [-0.2, -0.15) is 5.26 Å². The Kier molecular flexibility index (Phi) is 4.94. The van der Waals surface area contributed by atoms with Crippen LogP contribution in [0, 0.1) is 11.3 Å². The zero-order chi connectivity index (χ0) is 13.5. The molecule has 0 atom stereocenters. The molecule has 94 valence electrons. The van der Waals surface area contributed by atoms with Crippen LogP contribution < -0.4 is 4.74 Å². The highest BCUT2D eigenvalue weighted by molar-refractivity contribution is 5.97. The largest absolute Gasteiger partial charge is 0.497 e.